The van der Waals surface area contributed by atoms with E-state index in [4.69, 9.17) is 9.84 Å². The van der Waals surface area contributed by atoms with Gasteiger partial charge in [-0.05, 0) is 32.6 Å². The number of nitrogens with zero attached hydrogens (tertiary/aromatic N) is 1. The molecule has 0 heterocycles. The van der Waals surface area contributed by atoms with E-state index in [9.17, 15) is 9.59 Å². The molecule has 5 nitrogen and oxygen atoms in total. The number of ether oxygens (including phenoxy) is 1. The van der Waals surface area contributed by atoms with Gasteiger partial charge in [0.2, 0.25) is 0 Å². The Hall–Kier alpha value is -1.26. The summed E-state index contributed by atoms with van der Waals surface area (Å²) in [4.78, 5) is 23.9. The molecule has 3 atom stereocenters. The second-order valence-electron chi connectivity index (χ2n) is 5.75. The van der Waals surface area contributed by atoms with Gasteiger partial charge in [0.1, 0.15) is 5.60 Å². The summed E-state index contributed by atoms with van der Waals surface area (Å²) in [7, 11) is 1.64. The maximum Gasteiger partial charge on any atom is 0.410 e. The van der Waals surface area contributed by atoms with E-state index in [2.05, 4.69) is 0 Å². The summed E-state index contributed by atoms with van der Waals surface area (Å²) >= 11 is 0. The van der Waals surface area contributed by atoms with E-state index in [1.54, 1.807) is 27.8 Å². The van der Waals surface area contributed by atoms with Crippen molar-refractivity contribution in [2.24, 2.45) is 17.8 Å². The number of carboxylic acid groups (broad SMARTS) is 1. The first-order chi connectivity index (χ1) is 7.63. The molecule has 98 valence electrons. The summed E-state index contributed by atoms with van der Waals surface area (Å²) in [6, 6.07) is 0. The first-order valence-corrected chi connectivity index (χ1v) is 5.80. The fourth-order valence-electron chi connectivity index (χ4n) is 1.96. The summed E-state index contributed by atoms with van der Waals surface area (Å²) in [6.07, 6.45) is -0.402. The zero-order chi connectivity index (χ0) is 13.4. The van der Waals surface area contributed by atoms with Gasteiger partial charge in [0.15, 0.2) is 0 Å². The zero-order valence-corrected chi connectivity index (χ0v) is 11.1. The lowest BCUT2D eigenvalue weighted by atomic mass is 10.2. The van der Waals surface area contributed by atoms with Gasteiger partial charge in [0.05, 0.1) is 5.92 Å². The molecule has 1 saturated carbocycles. The number of carbonyl (C=O) groups is 2. The third-order valence-corrected chi connectivity index (χ3v) is 3.04. The summed E-state index contributed by atoms with van der Waals surface area (Å²) in [5.74, 6) is -0.914. The number of carboxylic acids is 1. The highest BCUT2D eigenvalue weighted by atomic mass is 16.6. The Morgan fingerprint density at radius 3 is 2.24 bits per heavy atom. The minimum absolute atomic E-state index is 0.0463. The van der Waals surface area contributed by atoms with Crippen LogP contribution in [0.3, 0.4) is 0 Å². The van der Waals surface area contributed by atoms with E-state index in [0.717, 1.165) is 0 Å². The number of carbonyl (C=O) groups excluding carboxylic acids is 1. The van der Waals surface area contributed by atoms with Crippen LogP contribution in [-0.4, -0.2) is 41.3 Å². The molecule has 0 bridgehead atoms. The van der Waals surface area contributed by atoms with Crippen molar-refractivity contribution in [1.82, 2.24) is 4.90 Å². The zero-order valence-electron chi connectivity index (χ0n) is 11.1. The molecule has 0 unspecified atom stereocenters. The standard InChI is InChI=1S/C12H21NO4/c1-7-8(9(7)10(14)15)6-13(5)11(16)17-12(2,3)4/h7-9H,6H2,1-5H3,(H,14,15)/t7-,8-,9-/m1/s1. The Morgan fingerprint density at radius 2 is 1.88 bits per heavy atom. The molecule has 1 aliphatic carbocycles. The Labute approximate surface area is 102 Å². The second-order valence-corrected chi connectivity index (χ2v) is 5.75. The highest BCUT2D eigenvalue weighted by molar-refractivity contribution is 5.74. The molecule has 0 aromatic carbocycles. The summed E-state index contributed by atoms with van der Waals surface area (Å²) in [5.41, 5.74) is -0.521. The number of amides is 1. The minimum Gasteiger partial charge on any atom is -0.481 e. The first kappa shape index (κ1) is 13.8. The first-order valence-electron chi connectivity index (χ1n) is 5.80. The van der Waals surface area contributed by atoms with Crippen LogP contribution in [0.25, 0.3) is 0 Å². The maximum absolute atomic E-state index is 11.7. The quantitative estimate of drug-likeness (QED) is 0.821. The van der Waals surface area contributed by atoms with Crippen molar-refractivity contribution < 1.29 is 19.4 Å². The van der Waals surface area contributed by atoms with Gasteiger partial charge in [-0.3, -0.25) is 4.79 Å². The van der Waals surface area contributed by atoms with E-state index in [1.807, 2.05) is 6.92 Å². The Balaban J connectivity index is 2.43. The van der Waals surface area contributed by atoms with Crippen LogP contribution in [0.2, 0.25) is 0 Å². The monoisotopic (exact) mass is 243 g/mol. The van der Waals surface area contributed by atoms with Crippen LogP contribution in [0.5, 0.6) is 0 Å². The maximum atomic E-state index is 11.7. The molecule has 0 aromatic heterocycles. The van der Waals surface area contributed by atoms with Crippen LogP contribution >= 0.6 is 0 Å². The normalized spacial score (nSPS) is 27.5. The molecule has 5 heteroatoms. The molecule has 17 heavy (non-hydrogen) atoms. The predicted molar refractivity (Wildman–Crippen MR) is 62.6 cm³/mol. The Morgan fingerprint density at radius 1 is 1.35 bits per heavy atom. The lowest BCUT2D eigenvalue weighted by Crippen LogP contribution is -2.35. The van der Waals surface area contributed by atoms with Crippen LogP contribution < -0.4 is 0 Å². The van der Waals surface area contributed by atoms with Crippen LogP contribution in [0, 0.1) is 17.8 Å². The fraction of sp³-hybridized carbons (Fsp3) is 0.833. The van der Waals surface area contributed by atoms with Crippen LogP contribution in [-0.2, 0) is 9.53 Å². The number of hydrogen-bond donors (Lipinski definition) is 1. The third-order valence-electron chi connectivity index (χ3n) is 3.04. The van der Waals surface area contributed by atoms with E-state index in [-0.39, 0.29) is 17.8 Å². The topological polar surface area (TPSA) is 66.8 Å². The third kappa shape index (κ3) is 3.61. The van der Waals surface area contributed by atoms with E-state index in [0.29, 0.717) is 6.54 Å². The van der Waals surface area contributed by atoms with Gasteiger partial charge >= 0.3 is 12.1 Å². The lowest BCUT2D eigenvalue weighted by molar-refractivity contribution is -0.139. The van der Waals surface area contributed by atoms with Crippen LogP contribution in [0.4, 0.5) is 4.79 Å². The number of aliphatic carboxylic acids is 1. The van der Waals surface area contributed by atoms with E-state index < -0.39 is 17.7 Å². The van der Waals surface area contributed by atoms with Gasteiger partial charge in [-0.25, -0.2) is 4.79 Å². The van der Waals surface area contributed by atoms with Gasteiger partial charge < -0.3 is 14.7 Å². The predicted octanol–water partition coefficient (Wildman–Crippen LogP) is 1.82. The highest BCUT2D eigenvalue weighted by Crippen LogP contribution is 2.46. The van der Waals surface area contributed by atoms with Crippen molar-refractivity contribution in [2.75, 3.05) is 13.6 Å². The molecule has 1 fully saturated rings. The van der Waals surface area contributed by atoms with Crippen molar-refractivity contribution in [3.63, 3.8) is 0 Å². The van der Waals surface area contributed by atoms with Gasteiger partial charge in [-0.1, -0.05) is 6.92 Å². The van der Waals surface area contributed by atoms with Gasteiger partial charge in [0.25, 0.3) is 0 Å². The molecule has 1 amide bonds. The molecule has 1 rings (SSSR count). The molecule has 0 aromatic rings. The molecule has 1 aliphatic rings. The van der Waals surface area contributed by atoms with Crippen LogP contribution in [0.1, 0.15) is 27.7 Å². The average Bonchev–Trinajstić information content (AvgIpc) is 2.73. The molecular formula is C12H21NO4. The fourth-order valence-corrected chi connectivity index (χ4v) is 1.96. The second kappa shape index (κ2) is 4.55. The Bertz CT molecular complexity index is 321. The van der Waals surface area contributed by atoms with Crippen molar-refractivity contribution in [1.29, 1.82) is 0 Å². The SMILES string of the molecule is C[C@@H]1[C@@H](CN(C)C(=O)OC(C)(C)C)[C@@H]1C(=O)O. The van der Waals surface area contributed by atoms with Crippen LogP contribution in [0.15, 0.2) is 0 Å². The van der Waals surface area contributed by atoms with Crippen molar-refractivity contribution in [2.45, 2.75) is 33.3 Å². The smallest absolute Gasteiger partial charge is 0.410 e. The summed E-state index contributed by atoms with van der Waals surface area (Å²) in [5, 5.41) is 8.90. The molecule has 1 N–H and O–H groups in total. The molecule has 0 saturated heterocycles. The van der Waals surface area contributed by atoms with Gasteiger partial charge in [-0.15, -0.1) is 0 Å². The molecule has 0 radical (unpaired) electrons. The number of hydrogen-bond acceptors (Lipinski definition) is 3. The average molecular weight is 243 g/mol. The summed E-state index contributed by atoms with van der Waals surface area (Å²) in [6.45, 7) is 7.75. The van der Waals surface area contributed by atoms with Crippen molar-refractivity contribution >= 4 is 12.1 Å². The van der Waals surface area contributed by atoms with Crippen molar-refractivity contribution in [3.8, 4) is 0 Å². The van der Waals surface area contributed by atoms with E-state index >= 15 is 0 Å². The van der Waals surface area contributed by atoms with Gasteiger partial charge in [0, 0.05) is 13.6 Å². The molecule has 0 spiro atoms. The van der Waals surface area contributed by atoms with Crippen molar-refractivity contribution in [3.05, 3.63) is 0 Å². The Kier molecular flexibility index (Phi) is 3.69. The van der Waals surface area contributed by atoms with E-state index in [1.165, 1.54) is 4.90 Å². The largest absolute Gasteiger partial charge is 0.481 e. The lowest BCUT2D eigenvalue weighted by Gasteiger charge is -2.24. The minimum atomic E-state index is -0.778. The molecular weight excluding hydrogens is 222 g/mol. The number of rotatable bonds is 3. The van der Waals surface area contributed by atoms with Gasteiger partial charge in [-0.2, -0.15) is 0 Å². The highest BCUT2D eigenvalue weighted by Gasteiger charge is 2.52. The molecule has 0 aliphatic heterocycles. The summed E-state index contributed by atoms with van der Waals surface area (Å²) < 4.78 is 5.20.